The van der Waals surface area contributed by atoms with Gasteiger partial charge in [-0.05, 0) is 49.1 Å². The lowest BCUT2D eigenvalue weighted by atomic mass is 10.1. The van der Waals surface area contributed by atoms with Crippen LogP contribution in [0.4, 0.5) is 5.00 Å². The van der Waals surface area contributed by atoms with E-state index in [2.05, 4.69) is 20.4 Å². The molecule has 0 atom stereocenters. The van der Waals surface area contributed by atoms with E-state index >= 15 is 0 Å². The van der Waals surface area contributed by atoms with E-state index in [0.29, 0.717) is 27.3 Å². The number of thioether (sulfide) groups is 1. The molecular weight excluding hydrogens is 462 g/mol. The smallest absolute Gasteiger partial charge is 0.359 e. The zero-order chi connectivity index (χ0) is 22.8. The van der Waals surface area contributed by atoms with Gasteiger partial charge in [-0.1, -0.05) is 30.0 Å². The molecule has 0 radical (unpaired) electrons. The molecule has 0 unspecified atom stereocenters. The average molecular weight is 482 g/mol. The van der Waals surface area contributed by atoms with Crippen molar-refractivity contribution in [3.8, 4) is 17.3 Å². The van der Waals surface area contributed by atoms with E-state index in [-0.39, 0.29) is 11.7 Å². The van der Waals surface area contributed by atoms with Crippen LogP contribution in [0.25, 0.3) is 17.3 Å². The van der Waals surface area contributed by atoms with Crippen LogP contribution < -0.4 is 11.2 Å². The van der Waals surface area contributed by atoms with Crippen LogP contribution in [0.15, 0.2) is 58.3 Å². The van der Waals surface area contributed by atoms with Gasteiger partial charge >= 0.3 is 5.97 Å². The van der Waals surface area contributed by atoms with Crippen LogP contribution in [-0.2, 0) is 22.5 Å². The number of nitrogens with zero attached hydrogens (tertiary/aromatic N) is 3. The van der Waals surface area contributed by atoms with Gasteiger partial charge in [-0.25, -0.2) is 4.79 Å². The maximum Gasteiger partial charge on any atom is 0.359 e. The van der Waals surface area contributed by atoms with Gasteiger partial charge in [0.1, 0.15) is 5.00 Å². The van der Waals surface area contributed by atoms with E-state index in [4.69, 9.17) is 10.3 Å². The number of rotatable bonds is 7. The molecular formula is C22H19N5O4S2. The molecule has 9 nitrogen and oxygen atoms in total. The summed E-state index contributed by atoms with van der Waals surface area (Å²) in [4.78, 5) is 30.5. The van der Waals surface area contributed by atoms with Crippen molar-refractivity contribution in [1.29, 1.82) is 0 Å². The number of carbonyl (C=O) groups excluding carboxylic acids is 2. The van der Waals surface area contributed by atoms with Crippen molar-refractivity contribution in [3.05, 3.63) is 64.7 Å². The number of benzene rings is 1. The lowest BCUT2D eigenvalue weighted by Gasteiger charge is -2.09. The first kappa shape index (κ1) is 21.4. The van der Waals surface area contributed by atoms with Crippen molar-refractivity contribution in [2.75, 3.05) is 11.1 Å². The molecule has 1 amide bonds. The van der Waals surface area contributed by atoms with E-state index < -0.39 is 5.97 Å². The molecule has 3 aromatic heterocycles. The Hall–Kier alpha value is -3.41. The molecule has 0 saturated heterocycles. The number of aryl methyl sites for hydroxylation is 1. The second kappa shape index (κ2) is 9.22. The second-order valence-electron chi connectivity index (χ2n) is 7.26. The Labute approximate surface area is 196 Å². The number of fused-ring (bicyclic) bond motifs is 1. The van der Waals surface area contributed by atoms with Crippen LogP contribution in [-0.4, -0.2) is 32.4 Å². The lowest BCUT2D eigenvalue weighted by Crippen LogP contribution is -2.18. The minimum Gasteiger partial charge on any atom is -0.461 e. The molecule has 0 aliphatic heterocycles. The molecule has 4 aromatic rings. The first-order valence-electron chi connectivity index (χ1n) is 10.2. The highest BCUT2D eigenvalue weighted by Gasteiger charge is 2.28. The summed E-state index contributed by atoms with van der Waals surface area (Å²) in [5.74, 6) is 5.39. The van der Waals surface area contributed by atoms with Gasteiger partial charge in [0.15, 0.2) is 10.9 Å². The summed E-state index contributed by atoms with van der Waals surface area (Å²) < 4.78 is 7.35. The van der Waals surface area contributed by atoms with Crippen LogP contribution in [0.1, 0.15) is 27.2 Å². The summed E-state index contributed by atoms with van der Waals surface area (Å²) in [6.07, 6.45) is 4.20. The highest BCUT2D eigenvalue weighted by Crippen LogP contribution is 2.39. The fourth-order valence-corrected chi connectivity index (χ4v) is 5.84. The van der Waals surface area contributed by atoms with Gasteiger partial charge in [0.25, 0.3) is 0 Å². The molecule has 3 N–H and O–H groups in total. The Morgan fingerprint density at radius 3 is 2.79 bits per heavy atom. The van der Waals surface area contributed by atoms with Gasteiger partial charge < -0.3 is 14.6 Å². The van der Waals surface area contributed by atoms with Crippen LogP contribution >= 0.6 is 23.1 Å². The minimum atomic E-state index is -0.635. The monoisotopic (exact) mass is 481 g/mol. The number of hydrogen-bond donors (Lipinski definition) is 2. The number of nitrogens with two attached hydrogens (primary N) is 1. The number of furan rings is 1. The summed E-state index contributed by atoms with van der Waals surface area (Å²) in [5.41, 5.74) is 2.13. The van der Waals surface area contributed by atoms with E-state index in [0.717, 1.165) is 35.4 Å². The van der Waals surface area contributed by atoms with Crippen molar-refractivity contribution in [2.24, 2.45) is 5.90 Å². The molecule has 11 heteroatoms. The number of aromatic nitrogens is 3. The number of amides is 1. The lowest BCUT2D eigenvalue weighted by molar-refractivity contribution is -0.113. The minimum absolute atomic E-state index is 0.0722. The maximum absolute atomic E-state index is 12.8. The van der Waals surface area contributed by atoms with Crippen LogP contribution in [0.5, 0.6) is 0 Å². The molecule has 0 saturated carbocycles. The van der Waals surface area contributed by atoms with Gasteiger partial charge in [-0.2, -0.15) is 5.90 Å². The SMILES string of the molecule is NOC(=O)c1c(NC(=O)CSc2nnc(-c3ccco3)n2-c2ccccc2)sc2c1CCC2. The normalized spacial score (nSPS) is 12.5. The number of anilines is 1. The van der Waals surface area contributed by atoms with Crippen molar-refractivity contribution in [3.63, 3.8) is 0 Å². The van der Waals surface area contributed by atoms with Crippen LogP contribution in [0.3, 0.4) is 0 Å². The van der Waals surface area contributed by atoms with Gasteiger partial charge in [-0.15, -0.1) is 21.5 Å². The summed E-state index contributed by atoms with van der Waals surface area (Å²) in [7, 11) is 0. The highest BCUT2D eigenvalue weighted by atomic mass is 32.2. The predicted octanol–water partition coefficient (Wildman–Crippen LogP) is 3.84. The van der Waals surface area contributed by atoms with Crippen molar-refractivity contribution in [2.45, 2.75) is 24.4 Å². The van der Waals surface area contributed by atoms with E-state index in [1.807, 2.05) is 34.9 Å². The van der Waals surface area contributed by atoms with Crippen LogP contribution in [0, 0.1) is 0 Å². The Morgan fingerprint density at radius 1 is 1.18 bits per heavy atom. The number of para-hydroxylation sites is 1. The Morgan fingerprint density at radius 2 is 2.03 bits per heavy atom. The van der Waals surface area contributed by atoms with Crippen molar-refractivity contribution < 1.29 is 18.8 Å². The first-order valence-corrected chi connectivity index (χ1v) is 12.0. The molecule has 1 aromatic carbocycles. The molecule has 1 aliphatic carbocycles. The maximum atomic E-state index is 12.8. The predicted molar refractivity (Wildman–Crippen MR) is 124 cm³/mol. The Balaban J connectivity index is 1.37. The van der Waals surface area contributed by atoms with Crippen molar-refractivity contribution >= 4 is 40.0 Å². The summed E-state index contributed by atoms with van der Waals surface area (Å²) >= 11 is 2.64. The van der Waals surface area contributed by atoms with Crippen molar-refractivity contribution in [1.82, 2.24) is 14.8 Å². The average Bonchev–Trinajstić information content (AvgIpc) is 3.61. The molecule has 3 heterocycles. The van der Waals surface area contributed by atoms with Gasteiger partial charge in [0, 0.05) is 10.6 Å². The number of hydrogen-bond acceptors (Lipinski definition) is 9. The number of carbonyl (C=O) groups is 2. The fourth-order valence-electron chi connectivity index (χ4n) is 3.80. The fraction of sp³-hybridized carbons (Fsp3) is 0.182. The van der Waals surface area contributed by atoms with Crippen LogP contribution in [0.2, 0.25) is 0 Å². The zero-order valence-corrected chi connectivity index (χ0v) is 18.9. The number of nitrogens with one attached hydrogen (secondary N) is 1. The molecule has 5 rings (SSSR count). The molecule has 1 aliphatic rings. The topological polar surface area (TPSA) is 125 Å². The Bertz CT molecular complexity index is 1300. The highest BCUT2D eigenvalue weighted by molar-refractivity contribution is 7.99. The van der Waals surface area contributed by atoms with Gasteiger partial charge in [-0.3, -0.25) is 9.36 Å². The van der Waals surface area contributed by atoms with E-state index in [1.54, 1.807) is 18.4 Å². The largest absolute Gasteiger partial charge is 0.461 e. The molecule has 0 bridgehead atoms. The van der Waals surface area contributed by atoms with E-state index in [9.17, 15) is 9.59 Å². The summed E-state index contributed by atoms with van der Waals surface area (Å²) in [5, 5.41) is 12.4. The second-order valence-corrected chi connectivity index (χ2v) is 9.31. The van der Waals surface area contributed by atoms with E-state index in [1.165, 1.54) is 23.1 Å². The van der Waals surface area contributed by atoms with Gasteiger partial charge in [0.05, 0.1) is 17.6 Å². The summed E-state index contributed by atoms with van der Waals surface area (Å²) in [6, 6.07) is 13.2. The third kappa shape index (κ3) is 4.17. The quantitative estimate of drug-likeness (QED) is 0.301. The Kier molecular flexibility index (Phi) is 5.99. The zero-order valence-electron chi connectivity index (χ0n) is 17.3. The molecule has 33 heavy (non-hydrogen) atoms. The third-order valence-corrected chi connectivity index (χ3v) is 7.34. The number of thiophene rings is 1. The molecule has 0 fully saturated rings. The first-order chi connectivity index (χ1) is 16.2. The third-order valence-electron chi connectivity index (χ3n) is 5.21. The van der Waals surface area contributed by atoms with Gasteiger partial charge in [0.2, 0.25) is 11.7 Å². The molecule has 0 spiro atoms. The standard InChI is InChI=1S/C22H19N5O4S2/c23-31-21(29)18-14-8-4-10-16(14)33-20(18)24-17(28)12-32-22-26-25-19(15-9-5-11-30-15)27(22)13-6-2-1-3-7-13/h1-3,5-7,9,11H,4,8,10,12,23H2,(H,24,28). The molecule has 168 valence electrons. The summed E-state index contributed by atoms with van der Waals surface area (Å²) in [6.45, 7) is 0.